The minimum atomic E-state index is -0.223. The second kappa shape index (κ2) is 7.41. The van der Waals surface area contributed by atoms with Crippen LogP contribution in [0.4, 0.5) is 5.69 Å². The Labute approximate surface area is 131 Å². The third kappa shape index (κ3) is 3.73. The summed E-state index contributed by atoms with van der Waals surface area (Å²) in [7, 11) is 1.79. The zero-order chi connectivity index (χ0) is 15.9. The number of hydrazone groups is 1. The first kappa shape index (κ1) is 15.8. The number of rotatable bonds is 5. The van der Waals surface area contributed by atoms with Gasteiger partial charge in [-0.1, -0.05) is 56.3 Å². The van der Waals surface area contributed by atoms with Crippen LogP contribution in [0.1, 0.15) is 29.8 Å². The number of nitrogens with zero attached hydrogens (tertiary/aromatic N) is 1. The number of hydrogen-bond donors (Lipinski definition) is 2. The van der Waals surface area contributed by atoms with Gasteiger partial charge in [-0.3, -0.25) is 4.79 Å². The van der Waals surface area contributed by atoms with Gasteiger partial charge in [0.1, 0.15) is 0 Å². The van der Waals surface area contributed by atoms with Gasteiger partial charge < -0.3 is 5.32 Å². The summed E-state index contributed by atoms with van der Waals surface area (Å²) in [5, 5.41) is 7.34. The number of para-hydroxylation sites is 1. The molecule has 0 bridgehead atoms. The first-order chi connectivity index (χ1) is 10.6. The molecule has 2 rings (SSSR count). The topological polar surface area (TPSA) is 53.5 Å². The van der Waals surface area contributed by atoms with Gasteiger partial charge in [0.05, 0.1) is 11.3 Å². The van der Waals surface area contributed by atoms with Crippen molar-refractivity contribution in [3.8, 4) is 0 Å². The quantitative estimate of drug-likeness (QED) is 0.655. The first-order valence-electron chi connectivity index (χ1n) is 7.33. The van der Waals surface area contributed by atoms with Crippen molar-refractivity contribution in [2.45, 2.75) is 13.8 Å². The second-order valence-corrected chi connectivity index (χ2v) is 5.25. The molecule has 114 valence electrons. The van der Waals surface area contributed by atoms with Crippen molar-refractivity contribution in [1.29, 1.82) is 0 Å². The average molecular weight is 295 g/mol. The minimum absolute atomic E-state index is 0.210. The Morgan fingerprint density at radius 1 is 1.00 bits per heavy atom. The van der Waals surface area contributed by atoms with E-state index in [0.717, 1.165) is 17.0 Å². The van der Waals surface area contributed by atoms with Gasteiger partial charge in [-0.25, -0.2) is 5.43 Å². The molecule has 0 unspecified atom stereocenters. The molecule has 4 nitrogen and oxygen atoms in total. The lowest BCUT2D eigenvalue weighted by atomic mass is 10.0. The number of anilines is 1. The third-order valence-electron chi connectivity index (χ3n) is 3.34. The summed E-state index contributed by atoms with van der Waals surface area (Å²) in [6, 6.07) is 17.2. The van der Waals surface area contributed by atoms with E-state index >= 15 is 0 Å². The Morgan fingerprint density at radius 2 is 1.64 bits per heavy atom. The summed E-state index contributed by atoms with van der Waals surface area (Å²) in [6.07, 6.45) is 0. The Morgan fingerprint density at radius 3 is 2.27 bits per heavy atom. The van der Waals surface area contributed by atoms with Crippen LogP contribution in [0.15, 0.2) is 59.7 Å². The van der Waals surface area contributed by atoms with Crippen LogP contribution in [0.2, 0.25) is 0 Å². The van der Waals surface area contributed by atoms with Crippen LogP contribution < -0.4 is 10.7 Å². The van der Waals surface area contributed by atoms with Gasteiger partial charge in [-0.05, 0) is 23.6 Å². The van der Waals surface area contributed by atoms with Gasteiger partial charge in [-0.2, -0.15) is 5.10 Å². The maximum atomic E-state index is 12.3. The van der Waals surface area contributed by atoms with Crippen LogP contribution in [-0.2, 0) is 0 Å². The summed E-state index contributed by atoms with van der Waals surface area (Å²) >= 11 is 0. The molecule has 0 fully saturated rings. The highest BCUT2D eigenvalue weighted by molar-refractivity contribution is 6.04. The lowest BCUT2D eigenvalue weighted by molar-refractivity contribution is 0.0955. The van der Waals surface area contributed by atoms with Crippen molar-refractivity contribution in [2.24, 2.45) is 11.0 Å². The predicted octanol–water partition coefficient (Wildman–Crippen LogP) is 3.52. The maximum Gasteiger partial charge on any atom is 0.273 e. The van der Waals surface area contributed by atoms with Crippen LogP contribution in [0.3, 0.4) is 0 Å². The van der Waals surface area contributed by atoms with E-state index in [1.54, 1.807) is 13.1 Å². The van der Waals surface area contributed by atoms with Gasteiger partial charge >= 0.3 is 0 Å². The summed E-state index contributed by atoms with van der Waals surface area (Å²) < 4.78 is 0. The zero-order valence-corrected chi connectivity index (χ0v) is 13.1. The lowest BCUT2D eigenvalue weighted by Crippen LogP contribution is -2.23. The number of carbonyl (C=O) groups is 1. The molecule has 1 amide bonds. The highest BCUT2D eigenvalue weighted by Crippen LogP contribution is 2.14. The monoisotopic (exact) mass is 295 g/mol. The molecule has 0 spiro atoms. The number of carbonyl (C=O) groups excluding carboxylic acids is 1. The molecule has 0 aliphatic carbocycles. The van der Waals surface area contributed by atoms with Crippen molar-refractivity contribution in [3.05, 3.63) is 65.7 Å². The lowest BCUT2D eigenvalue weighted by Gasteiger charge is -2.12. The van der Waals surface area contributed by atoms with Crippen molar-refractivity contribution < 1.29 is 4.79 Å². The number of nitrogens with one attached hydrogen (secondary N) is 2. The normalized spacial score (nSPS) is 11.4. The van der Waals surface area contributed by atoms with E-state index < -0.39 is 0 Å². The molecule has 0 saturated heterocycles. The standard InChI is InChI=1S/C18H21N3O/c1-13(2)17(14-9-5-4-6-10-14)20-21-18(22)15-11-7-8-12-16(15)19-3/h4-13,19H,1-3H3,(H,21,22)/b20-17+. The number of benzene rings is 2. The fraction of sp³-hybridized carbons (Fsp3) is 0.222. The van der Waals surface area contributed by atoms with E-state index in [2.05, 4.69) is 29.7 Å². The molecular weight excluding hydrogens is 274 g/mol. The molecule has 0 aromatic heterocycles. The molecule has 0 aliphatic rings. The highest BCUT2D eigenvalue weighted by atomic mass is 16.2. The van der Waals surface area contributed by atoms with Crippen LogP contribution in [0.5, 0.6) is 0 Å². The van der Waals surface area contributed by atoms with Crippen molar-refractivity contribution in [2.75, 3.05) is 12.4 Å². The van der Waals surface area contributed by atoms with Gasteiger partial charge in [0.2, 0.25) is 0 Å². The summed E-state index contributed by atoms with van der Waals surface area (Å²) in [4.78, 5) is 12.3. The molecule has 0 aliphatic heterocycles. The molecule has 2 aromatic rings. The van der Waals surface area contributed by atoms with E-state index in [4.69, 9.17) is 0 Å². The van der Waals surface area contributed by atoms with E-state index in [9.17, 15) is 4.79 Å². The Bertz CT molecular complexity index is 663. The van der Waals surface area contributed by atoms with Crippen molar-refractivity contribution in [1.82, 2.24) is 5.43 Å². The fourth-order valence-corrected chi connectivity index (χ4v) is 2.21. The molecule has 2 N–H and O–H groups in total. The maximum absolute atomic E-state index is 12.3. The van der Waals surface area contributed by atoms with E-state index in [1.165, 1.54) is 0 Å². The number of amides is 1. The first-order valence-corrected chi connectivity index (χ1v) is 7.33. The fourth-order valence-electron chi connectivity index (χ4n) is 2.21. The van der Waals surface area contributed by atoms with Gasteiger partial charge in [0, 0.05) is 12.7 Å². The van der Waals surface area contributed by atoms with Gasteiger partial charge in [-0.15, -0.1) is 0 Å². The molecule has 0 radical (unpaired) electrons. The zero-order valence-electron chi connectivity index (χ0n) is 13.1. The van der Waals surface area contributed by atoms with Crippen LogP contribution in [0, 0.1) is 5.92 Å². The van der Waals surface area contributed by atoms with Crippen LogP contribution in [-0.4, -0.2) is 18.7 Å². The predicted molar refractivity (Wildman–Crippen MR) is 91.3 cm³/mol. The van der Waals surface area contributed by atoms with E-state index in [1.807, 2.05) is 48.5 Å². The van der Waals surface area contributed by atoms with Crippen LogP contribution in [0.25, 0.3) is 0 Å². The number of hydrogen-bond acceptors (Lipinski definition) is 3. The average Bonchev–Trinajstić information content (AvgIpc) is 2.55. The Hall–Kier alpha value is -2.62. The summed E-state index contributed by atoms with van der Waals surface area (Å²) in [5.74, 6) is -0.0127. The third-order valence-corrected chi connectivity index (χ3v) is 3.34. The largest absolute Gasteiger partial charge is 0.387 e. The SMILES string of the molecule is CNc1ccccc1C(=O)N/N=C(/c1ccccc1)C(C)C. The van der Waals surface area contributed by atoms with Gasteiger partial charge in [0.25, 0.3) is 5.91 Å². The molecule has 2 aromatic carbocycles. The molecule has 22 heavy (non-hydrogen) atoms. The smallest absolute Gasteiger partial charge is 0.273 e. The Balaban J connectivity index is 2.23. The Kier molecular flexibility index (Phi) is 5.31. The summed E-state index contributed by atoms with van der Waals surface area (Å²) in [5.41, 5.74) is 5.89. The van der Waals surface area contributed by atoms with Gasteiger partial charge in [0.15, 0.2) is 0 Å². The minimum Gasteiger partial charge on any atom is -0.387 e. The van der Waals surface area contributed by atoms with Crippen LogP contribution >= 0.6 is 0 Å². The molecular formula is C18H21N3O. The van der Waals surface area contributed by atoms with E-state index in [-0.39, 0.29) is 11.8 Å². The second-order valence-electron chi connectivity index (χ2n) is 5.25. The highest BCUT2D eigenvalue weighted by Gasteiger charge is 2.12. The van der Waals surface area contributed by atoms with Crippen molar-refractivity contribution in [3.63, 3.8) is 0 Å². The molecule has 0 saturated carbocycles. The molecule has 0 heterocycles. The van der Waals surface area contributed by atoms with E-state index in [0.29, 0.717) is 5.56 Å². The van der Waals surface area contributed by atoms with Crippen molar-refractivity contribution >= 4 is 17.3 Å². The molecule has 0 atom stereocenters. The molecule has 4 heteroatoms. The summed E-state index contributed by atoms with van der Waals surface area (Å²) in [6.45, 7) is 4.11.